The number of hydrogen-bond acceptors (Lipinski definition) is 8. The maximum atomic E-state index is 12.7. The van der Waals surface area contributed by atoms with Crippen LogP contribution in [0.15, 0.2) is 18.2 Å². The minimum atomic E-state index is -0.150. The first-order valence-corrected chi connectivity index (χ1v) is 9.15. The third kappa shape index (κ3) is 4.23. The van der Waals surface area contributed by atoms with E-state index in [0.717, 1.165) is 38.2 Å². The van der Waals surface area contributed by atoms with Crippen molar-refractivity contribution in [3.63, 3.8) is 0 Å². The molecule has 0 saturated carbocycles. The molecule has 1 aliphatic heterocycles. The van der Waals surface area contributed by atoms with Crippen molar-refractivity contribution in [1.82, 2.24) is 13.6 Å². The Morgan fingerprint density at radius 2 is 2.19 bits per heavy atom. The van der Waals surface area contributed by atoms with E-state index in [0.29, 0.717) is 24.0 Å². The number of carbonyl (C=O) groups excluding carboxylic acids is 1. The fourth-order valence-corrected chi connectivity index (χ4v) is 3.28. The number of phenols is 1. The van der Waals surface area contributed by atoms with Crippen LogP contribution >= 0.6 is 11.7 Å². The molecule has 26 heavy (non-hydrogen) atoms. The van der Waals surface area contributed by atoms with Gasteiger partial charge in [0.15, 0.2) is 5.75 Å². The van der Waals surface area contributed by atoms with Crippen LogP contribution in [0.1, 0.15) is 37.0 Å². The van der Waals surface area contributed by atoms with Gasteiger partial charge < -0.3 is 25.2 Å². The number of aliphatic hydroxyl groups excluding tert-OH is 1. The molecule has 1 saturated heterocycles. The molecule has 1 aromatic carbocycles. The van der Waals surface area contributed by atoms with Crippen LogP contribution in [0.4, 0.5) is 11.5 Å². The number of aromatic nitrogens is 2. The summed E-state index contributed by atoms with van der Waals surface area (Å²) in [5, 5.41) is 20.5. The van der Waals surface area contributed by atoms with Crippen molar-refractivity contribution in [1.29, 1.82) is 0 Å². The molecule has 3 N–H and O–H groups in total. The van der Waals surface area contributed by atoms with E-state index in [2.05, 4.69) is 14.1 Å². The van der Waals surface area contributed by atoms with Crippen LogP contribution in [0.5, 0.6) is 11.6 Å². The molecule has 2 heterocycles. The van der Waals surface area contributed by atoms with Gasteiger partial charge in [0, 0.05) is 19.7 Å². The van der Waals surface area contributed by atoms with Crippen molar-refractivity contribution in [3.8, 4) is 11.6 Å². The minimum absolute atomic E-state index is 0.0861. The van der Waals surface area contributed by atoms with Gasteiger partial charge in [-0.1, -0.05) is 6.07 Å². The highest BCUT2D eigenvalue weighted by Crippen LogP contribution is 2.34. The first-order valence-electron chi connectivity index (χ1n) is 8.41. The van der Waals surface area contributed by atoms with E-state index in [1.807, 2.05) is 13.8 Å². The van der Waals surface area contributed by atoms with Gasteiger partial charge in [-0.25, -0.2) is 0 Å². The SMILES string of the molecule is CCOc1nsnc1Nc1cccc(C(=O)N2CCCC2C)c1O.CO. The number of benzene rings is 1. The zero-order chi connectivity index (χ0) is 19.1. The number of aromatic hydroxyl groups is 1. The smallest absolute Gasteiger partial charge is 0.271 e. The van der Waals surface area contributed by atoms with Gasteiger partial charge in [-0.15, -0.1) is 4.37 Å². The molecule has 9 heteroatoms. The number of hydrogen-bond donors (Lipinski definition) is 3. The van der Waals surface area contributed by atoms with Crippen LogP contribution in [0.3, 0.4) is 0 Å². The lowest BCUT2D eigenvalue weighted by atomic mass is 10.1. The summed E-state index contributed by atoms with van der Waals surface area (Å²) in [5.74, 6) is 0.572. The Morgan fingerprint density at radius 3 is 2.85 bits per heavy atom. The zero-order valence-electron chi connectivity index (χ0n) is 15.1. The molecule has 1 unspecified atom stereocenters. The van der Waals surface area contributed by atoms with Gasteiger partial charge in [0.25, 0.3) is 11.8 Å². The fourth-order valence-electron chi connectivity index (χ4n) is 2.82. The third-order valence-electron chi connectivity index (χ3n) is 4.07. The molecule has 0 bridgehead atoms. The van der Waals surface area contributed by atoms with Crippen LogP contribution in [0.25, 0.3) is 0 Å². The van der Waals surface area contributed by atoms with Gasteiger partial charge in [0.2, 0.25) is 5.82 Å². The summed E-state index contributed by atoms with van der Waals surface area (Å²) in [6.45, 7) is 5.08. The second kappa shape index (κ2) is 9.35. The number of nitrogens with one attached hydrogen (secondary N) is 1. The molecule has 0 radical (unpaired) electrons. The number of carbonyl (C=O) groups is 1. The Hall–Kier alpha value is -2.39. The van der Waals surface area contributed by atoms with E-state index >= 15 is 0 Å². The molecule has 0 spiro atoms. The Kier molecular flexibility index (Phi) is 7.16. The van der Waals surface area contributed by atoms with E-state index in [4.69, 9.17) is 9.84 Å². The summed E-state index contributed by atoms with van der Waals surface area (Å²) in [6.07, 6.45) is 1.99. The number of nitrogens with zero attached hydrogens (tertiary/aromatic N) is 3. The summed E-state index contributed by atoms with van der Waals surface area (Å²) in [6, 6.07) is 5.25. The lowest BCUT2D eigenvalue weighted by Crippen LogP contribution is -2.33. The number of likely N-dealkylation sites (tertiary alicyclic amines) is 1. The Morgan fingerprint density at radius 1 is 1.42 bits per heavy atom. The Labute approximate surface area is 156 Å². The van der Waals surface area contributed by atoms with Crippen molar-refractivity contribution >= 4 is 29.1 Å². The second-order valence-corrected chi connectivity index (χ2v) is 6.20. The van der Waals surface area contributed by atoms with Gasteiger partial charge >= 0.3 is 0 Å². The van der Waals surface area contributed by atoms with Crippen molar-refractivity contribution in [3.05, 3.63) is 23.8 Å². The molecule has 1 aromatic heterocycles. The summed E-state index contributed by atoms with van der Waals surface area (Å²) in [5.41, 5.74) is 0.691. The van der Waals surface area contributed by atoms with Gasteiger partial charge in [0.05, 0.1) is 29.6 Å². The summed E-state index contributed by atoms with van der Waals surface area (Å²) in [4.78, 5) is 14.5. The van der Waals surface area contributed by atoms with Crippen LogP contribution < -0.4 is 10.1 Å². The number of phenolic OH excluding ortho intramolecular Hbond substituents is 1. The molecule has 8 nitrogen and oxygen atoms in total. The van der Waals surface area contributed by atoms with Gasteiger partial charge in [-0.05, 0) is 38.8 Å². The second-order valence-electron chi connectivity index (χ2n) is 5.67. The maximum Gasteiger partial charge on any atom is 0.271 e. The largest absolute Gasteiger partial charge is 0.505 e. The standard InChI is InChI=1S/C16H20N4O3S.CH4O/c1-3-23-15-14(18-24-19-15)17-12-8-4-7-11(13(12)21)16(22)20-9-5-6-10(20)2;1-2/h4,7-8,10,21H,3,5-6,9H2,1-2H3,(H,17,18);2H,1H3. The summed E-state index contributed by atoms with van der Waals surface area (Å²) >= 11 is 1.02. The van der Waals surface area contributed by atoms with Crippen molar-refractivity contribution in [2.45, 2.75) is 32.7 Å². The molecule has 1 fully saturated rings. The average Bonchev–Trinajstić information content (AvgIpc) is 3.27. The van der Waals surface area contributed by atoms with Gasteiger partial charge in [0.1, 0.15) is 0 Å². The van der Waals surface area contributed by atoms with Crippen LogP contribution in [-0.4, -0.2) is 56.1 Å². The van der Waals surface area contributed by atoms with Gasteiger partial charge in [-0.3, -0.25) is 4.79 Å². The highest BCUT2D eigenvalue weighted by molar-refractivity contribution is 6.99. The number of aliphatic hydroxyl groups is 1. The van der Waals surface area contributed by atoms with Crippen LogP contribution in [0, 0.1) is 0 Å². The molecule has 1 amide bonds. The summed E-state index contributed by atoms with van der Waals surface area (Å²) < 4.78 is 13.6. The average molecular weight is 380 g/mol. The highest BCUT2D eigenvalue weighted by Gasteiger charge is 2.28. The predicted octanol–water partition coefficient (Wildman–Crippen LogP) is 2.62. The van der Waals surface area contributed by atoms with Gasteiger partial charge in [-0.2, -0.15) is 4.37 Å². The number of para-hydroxylation sites is 1. The zero-order valence-corrected chi connectivity index (χ0v) is 15.9. The van der Waals surface area contributed by atoms with Crippen LogP contribution in [0.2, 0.25) is 0 Å². The number of ether oxygens (including phenoxy) is 1. The van der Waals surface area contributed by atoms with E-state index in [9.17, 15) is 9.90 Å². The van der Waals surface area contributed by atoms with E-state index < -0.39 is 0 Å². The predicted molar refractivity (Wildman–Crippen MR) is 100 cm³/mol. The van der Waals surface area contributed by atoms with E-state index in [1.165, 1.54) is 0 Å². The minimum Gasteiger partial charge on any atom is -0.505 e. The topological polar surface area (TPSA) is 108 Å². The Balaban J connectivity index is 0.00000117. The highest BCUT2D eigenvalue weighted by atomic mass is 32.1. The Bertz CT molecular complexity index is 737. The lowest BCUT2D eigenvalue weighted by molar-refractivity contribution is 0.0744. The lowest BCUT2D eigenvalue weighted by Gasteiger charge is -2.22. The van der Waals surface area contributed by atoms with Crippen molar-refractivity contribution in [2.75, 3.05) is 25.6 Å². The van der Waals surface area contributed by atoms with E-state index in [1.54, 1.807) is 23.1 Å². The van der Waals surface area contributed by atoms with Crippen molar-refractivity contribution in [2.24, 2.45) is 0 Å². The van der Waals surface area contributed by atoms with E-state index in [-0.39, 0.29) is 23.3 Å². The maximum absolute atomic E-state index is 12.7. The molecule has 3 rings (SSSR count). The molecular weight excluding hydrogens is 356 g/mol. The first-order chi connectivity index (χ1) is 12.6. The molecular formula is C17H24N4O4S. The first kappa shape index (κ1) is 19.9. The van der Waals surface area contributed by atoms with Crippen molar-refractivity contribution < 1.29 is 19.7 Å². The number of amides is 1. The third-order valence-corrected chi connectivity index (χ3v) is 4.58. The monoisotopic (exact) mass is 380 g/mol. The molecule has 1 aliphatic rings. The molecule has 2 aromatic rings. The summed E-state index contributed by atoms with van der Waals surface area (Å²) in [7, 11) is 1.00. The number of rotatable bonds is 5. The molecule has 0 aliphatic carbocycles. The normalized spacial score (nSPS) is 16.0. The fraction of sp³-hybridized carbons (Fsp3) is 0.471. The quantitative estimate of drug-likeness (QED) is 0.684. The number of anilines is 2. The van der Waals surface area contributed by atoms with Crippen LogP contribution in [-0.2, 0) is 0 Å². The molecule has 142 valence electrons. The molecule has 1 atom stereocenters.